The van der Waals surface area contributed by atoms with Gasteiger partial charge in [-0.05, 0) is 37.8 Å². The third-order valence-electron chi connectivity index (χ3n) is 5.35. The highest BCUT2D eigenvalue weighted by Gasteiger charge is 2.40. The molecule has 0 bridgehead atoms. The van der Waals surface area contributed by atoms with Crippen molar-refractivity contribution in [3.05, 3.63) is 36.3 Å². The third-order valence-corrected chi connectivity index (χ3v) is 5.35. The van der Waals surface area contributed by atoms with E-state index in [1.54, 1.807) is 6.20 Å². The fourth-order valence-electron chi connectivity index (χ4n) is 4.15. The van der Waals surface area contributed by atoms with Crippen LogP contribution in [0.5, 0.6) is 0 Å². The number of imidazole rings is 1. The van der Waals surface area contributed by atoms with E-state index in [4.69, 9.17) is 0 Å². The minimum absolute atomic E-state index is 0.00269. The van der Waals surface area contributed by atoms with Gasteiger partial charge in [0.2, 0.25) is 5.91 Å². The van der Waals surface area contributed by atoms with Crippen molar-refractivity contribution in [3.63, 3.8) is 0 Å². The molecule has 2 aliphatic heterocycles. The van der Waals surface area contributed by atoms with Crippen molar-refractivity contribution in [2.45, 2.75) is 32.2 Å². The van der Waals surface area contributed by atoms with Crippen LogP contribution in [-0.4, -0.2) is 56.7 Å². The SMILES string of the molecule is CCN1C(=O)CC[C@@H]2CN(C(=O)c3cn4ccccc4n3)CC[C@@H]21. The smallest absolute Gasteiger partial charge is 0.274 e. The molecule has 2 amide bonds. The molecule has 0 aromatic carbocycles. The number of aromatic nitrogens is 2. The molecule has 2 atom stereocenters. The third kappa shape index (κ3) is 2.46. The fourth-order valence-corrected chi connectivity index (χ4v) is 4.15. The summed E-state index contributed by atoms with van der Waals surface area (Å²) in [5.74, 6) is 0.647. The number of pyridine rings is 1. The topological polar surface area (TPSA) is 57.9 Å². The number of piperidine rings is 2. The van der Waals surface area contributed by atoms with Crippen LogP contribution < -0.4 is 0 Å². The Morgan fingerprint density at radius 3 is 3.00 bits per heavy atom. The molecule has 0 N–H and O–H groups in total. The molecule has 4 heterocycles. The number of nitrogens with zero attached hydrogens (tertiary/aromatic N) is 4. The first kappa shape index (κ1) is 15.2. The van der Waals surface area contributed by atoms with Crippen LogP contribution in [0.2, 0.25) is 0 Å². The Balaban J connectivity index is 1.52. The summed E-state index contributed by atoms with van der Waals surface area (Å²) in [5.41, 5.74) is 1.29. The molecule has 6 heteroatoms. The molecule has 4 rings (SSSR count). The number of hydrogen-bond donors (Lipinski definition) is 0. The first-order valence-electron chi connectivity index (χ1n) is 8.70. The van der Waals surface area contributed by atoms with Gasteiger partial charge in [-0.25, -0.2) is 4.98 Å². The summed E-state index contributed by atoms with van der Waals surface area (Å²) in [6.45, 7) is 4.22. The molecule has 0 spiro atoms. The Bertz CT molecular complexity index is 751. The standard InChI is InChI=1S/C18H22N4O2/c1-2-22-15-8-10-21(11-13(15)6-7-17(22)23)18(24)14-12-20-9-4-3-5-16(20)19-14/h3-5,9,12-13,15H,2,6-8,10-11H2,1H3/t13-,15+/m1/s1. The maximum atomic E-state index is 12.8. The lowest BCUT2D eigenvalue weighted by molar-refractivity contribution is -0.140. The molecule has 0 unspecified atom stereocenters. The number of hydrogen-bond acceptors (Lipinski definition) is 3. The largest absolute Gasteiger partial charge is 0.340 e. The number of fused-ring (bicyclic) bond motifs is 2. The van der Waals surface area contributed by atoms with Gasteiger partial charge in [-0.2, -0.15) is 0 Å². The Kier molecular flexibility index (Phi) is 3.75. The van der Waals surface area contributed by atoms with Crippen molar-refractivity contribution in [1.82, 2.24) is 19.2 Å². The summed E-state index contributed by atoms with van der Waals surface area (Å²) in [6.07, 6.45) is 6.05. The van der Waals surface area contributed by atoms with Gasteiger partial charge in [-0.1, -0.05) is 6.07 Å². The van der Waals surface area contributed by atoms with Crippen LogP contribution >= 0.6 is 0 Å². The number of amides is 2. The summed E-state index contributed by atoms with van der Waals surface area (Å²) in [6, 6.07) is 6.03. The molecule has 24 heavy (non-hydrogen) atoms. The molecule has 2 aromatic heterocycles. The van der Waals surface area contributed by atoms with Crippen molar-refractivity contribution < 1.29 is 9.59 Å². The molecular formula is C18H22N4O2. The van der Waals surface area contributed by atoms with Crippen molar-refractivity contribution in [3.8, 4) is 0 Å². The predicted molar refractivity (Wildman–Crippen MR) is 89.6 cm³/mol. The lowest BCUT2D eigenvalue weighted by Gasteiger charge is -2.46. The monoisotopic (exact) mass is 326 g/mol. The van der Waals surface area contributed by atoms with Gasteiger partial charge in [0.1, 0.15) is 11.3 Å². The van der Waals surface area contributed by atoms with E-state index in [0.717, 1.165) is 31.6 Å². The lowest BCUT2D eigenvalue weighted by Crippen LogP contribution is -2.56. The van der Waals surface area contributed by atoms with Gasteiger partial charge in [0.25, 0.3) is 5.91 Å². The lowest BCUT2D eigenvalue weighted by atomic mass is 9.83. The van der Waals surface area contributed by atoms with E-state index >= 15 is 0 Å². The molecule has 2 saturated heterocycles. The van der Waals surface area contributed by atoms with Crippen LogP contribution in [0.25, 0.3) is 5.65 Å². The molecule has 0 radical (unpaired) electrons. The minimum atomic E-state index is -0.00269. The van der Waals surface area contributed by atoms with Crippen LogP contribution in [0.4, 0.5) is 0 Å². The molecule has 2 aliphatic rings. The average molecular weight is 326 g/mol. The van der Waals surface area contributed by atoms with Crippen LogP contribution in [0.15, 0.2) is 30.6 Å². The fraction of sp³-hybridized carbons (Fsp3) is 0.500. The summed E-state index contributed by atoms with van der Waals surface area (Å²) in [5, 5.41) is 0. The number of rotatable bonds is 2. The average Bonchev–Trinajstić information content (AvgIpc) is 3.04. The Morgan fingerprint density at radius 1 is 1.33 bits per heavy atom. The van der Waals surface area contributed by atoms with Gasteiger partial charge in [-0.15, -0.1) is 0 Å². The van der Waals surface area contributed by atoms with Crippen molar-refractivity contribution in [1.29, 1.82) is 0 Å². The van der Waals surface area contributed by atoms with Crippen molar-refractivity contribution in [2.75, 3.05) is 19.6 Å². The maximum absolute atomic E-state index is 12.8. The first-order chi connectivity index (χ1) is 11.7. The van der Waals surface area contributed by atoms with Gasteiger partial charge < -0.3 is 14.2 Å². The predicted octanol–water partition coefficient (Wildman–Crippen LogP) is 1.81. The molecule has 2 aromatic rings. The zero-order valence-electron chi connectivity index (χ0n) is 13.9. The van der Waals surface area contributed by atoms with Crippen LogP contribution in [0, 0.1) is 5.92 Å². The molecule has 0 saturated carbocycles. The molecule has 0 aliphatic carbocycles. The Morgan fingerprint density at radius 2 is 2.21 bits per heavy atom. The van der Waals surface area contributed by atoms with Crippen molar-refractivity contribution in [2.24, 2.45) is 5.92 Å². The minimum Gasteiger partial charge on any atom is -0.340 e. The highest BCUT2D eigenvalue weighted by molar-refractivity contribution is 5.93. The maximum Gasteiger partial charge on any atom is 0.274 e. The van der Waals surface area contributed by atoms with E-state index in [0.29, 0.717) is 30.6 Å². The van der Waals surface area contributed by atoms with Gasteiger partial charge in [0.05, 0.1) is 0 Å². The quantitative estimate of drug-likeness (QED) is 0.846. The summed E-state index contributed by atoms with van der Waals surface area (Å²) < 4.78 is 1.87. The van der Waals surface area contributed by atoms with E-state index < -0.39 is 0 Å². The summed E-state index contributed by atoms with van der Waals surface area (Å²) in [7, 11) is 0. The first-order valence-corrected chi connectivity index (χ1v) is 8.70. The number of carbonyl (C=O) groups excluding carboxylic acids is 2. The van der Waals surface area contributed by atoms with Gasteiger partial charge in [0.15, 0.2) is 0 Å². The van der Waals surface area contributed by atoms with E-state index in [9.17, 15) is 9.59 Å². The summed E-state index contributed by atoms with van der Waals surface area (Å²) >= 11 is 0. The zero-order valence-corrected chi connectivity index (χ0v) is 13.9. The molecule has 6 nitrogen and oxygen atoms in total. The van der Waals surface area contributed by atoms with Gasteiger partial charge in [-0.3, -0.25) is 9.59 Å². The Hall–Kier alpha value is -2.37. The zero-order chi connectivity index (χ0) is 16.7. The van der Waals surface area contributed by atoms with E-state index in [2.05, 4.69) is 4.98 Å². The highest BCUT2D eigenvalue weighted by atomic mass is 16.2. The second kappa shape index (κ2) is 5.92. The number of carbonyl (C=O) groups is 2. The van der Waals surface area contributed by atoms with Crippen LogP contribution in [0.1, 0.15) is 36.7 Å². The second-order valence-electron chi connectivity index (χ2n) is 6.68. The van der Waals surface area contributed by atoms with Gasteiger partial charge >= 0.3 is 0 Å². The molecular weight excluding hydrogens is 304 g/mol. The van der Waals surface area contributed by atoms with E-state index in [1.807, 2.05) is 45.5 Å². The highest BCUT2D eigenvalue weighted by Crippen LogP contribution is 2.31. The van der Waals surface area contributed by atoms with E-state index in [-0.39, 0.29) is 11.8 Å². The van der Waals surface area contributed by atoms with Gasteiger partial charge in [0, 0.05) is 44.5 Å². The second-order valence-corrected chi connectivity index (χ2v) is 6.68. The summed E-state index contributed by atoms with van der Waals surface area (Å²) in [4.78, 5) is 33.2. The van der Waals surface area contributed by atoms with Crippen LogP contribution in [-0.2, 0) is 4.79 Å². The number of likely N-dealkylation sites (tertiary alicyclic amines) is 2. The molecule has 2 fully saturated rings. The molecule has 126 valence electrons. The normalized spacial score (nSPS) is 24.3. The Labute approximate surface area is 141 Å². The van der Waals surface area contributed by atoms with Crippen molar-refractivity contribution >= 4 is 17.5 Å². The van der Waals surface area contributed by atoms with Crippen LogP contribution in [0.3, 0.4) is 0 Å². The van der Waals surface area contributed by atoms with E-state index in [1.165, 1.54) is 0 Å².